The van der Waals surface area contributed by atoms with Crippen LogP contribution in [0.1, 0.15) is 12.5 Å². The van der Waals surface area contributed by atoms with Crippen molar-refractivity contribution in [3.8, 4) is 0 Å². The summed E-state index contributed by atoms with van der Waals surface area (Å²) in [5.74, 6) is 0.0307. The summed E-state index contributed by atoms with van der Waals surface area (Å²) >= 11 is 0. The molecule has 0 spiro atoms. The minimum absolute atomic E-state index is 0.0307. The molecule has 0 unspecified atom stereocenters. The summed E-state index contributed by atoms with van der Waals surface area (Å²) in [6, 6.07) is 9.77. The summed E-state index contributed by atoms with van der Waals surface area (Å²) < 4.78 is 0. The molecule has 0 aliphatic rings. The van der Waals surface area contributed by atoms with Crippen LogP contribution in [0.5, 0.6) is 0 Å². The van der Waals surface area contributed by atoms with Gasteiger partial charge in [-0.15, -0.1) is 0 Å². The van der Waals surface area contributed by atoms with Gasteiger partial charge in [0.05, 0.1) is 5.70 Å². The lowest BCUT2D eigenvalue weighted by atomic mass is 10.1. The van der Waals surface area contributed by atoms with Crippen LogP contribution < -0.4 is 5.43 Å². The Labute approximate surface area is 90.4 Å². The van der Waals surface area contributed by atoms with E-state index in [1.54, 1.807) is 13.0 Å². The van der Waals surface area contributed by atoms with Gasteiger partial charge in [-0.3, -0.25) is 4.79 Å². The van der Waals surface area contributed by atoms with Crippen LogP contribution in [0.3, 0.4) is 0 Å². The van der Waals surface area contributed by atoms with E-state index in [1.807, 2.05) is 49.4 Å². The minimum atomic E-state index is 0.0307. The highest BCUT2D eigenvalue weighted by Gasteiger charge is 2.02. The number of hydrazine groups is 1. The fourth-order valence-electron chi connectivity index (χ4n) is 1.24. The third-order valence-corrected chi connectivity index (χ3v) is 1.78. The highest BCUT2D eigenvalue weighted by atomic mass is 16.1. The third kappa shape index (κ3) is 3.95. The summed E-state index contributed by atoms with van der Waals surface area (Å²) in [5.41, 5.74) is 4.92. The number of nitrogens with one attached hydrogen (secondary N) is 1. The van der Waals surface area contributed by atoms with E-state index in [2.05, 4.69) is 5.43 Å². The summed E-state index contributed by atoms with van der Waals surface area (Å²) in [5, 5.41) is 1.81. The van der Waals surface area contributed by atoms with Gasteiger partial charge < -0.3 is 5.43 Å². The number of ketones is 1. The van der Waals surface area contributed by atoms with Gasteiger partial charge in [0, 0.05) is 20.2 Å². The Bertz CT molecular complexity index is 355. The van der Waals surface area contributed by atoms with E-state index in [1.165, 1.54) is 0 Å². The van der Waals surface area contributed by atoms with Crippen molar-refractivity contribution in [2.75, 3.05) is 14.1 Å². The molecule has 0 fully saturated rings. The molecule has 0 bridgehead atoms. The molecule has 0 aromatic heterocycles. The van der Waals surface area contributed by atoms with Gasteiger partial charge in [0.15, 0.2) is 5.78 Å². The van der Waals surface area contributed by atoms with Gasteiger partial charge in [0.2, 0.25) is 0 Å². The summed E-state index contributed by atoms with van der Waals surface area (Å²) in [4.78, 5) is 11.1. The molecule has 3 heteroatoms. The number of carbonyl (C=O) groups excluding carboxylic acids is 1. The fraction of sp³-hybridized carbons (Fsp3) is 0.250. The second-order valence-electron chi connectivity index (χ2n) is 3.54. The molecular weight excluding hydrogens is 188 g/mol. The van der Waals surface area contributed by atoms with Crippen LogP contribution in [0.4, 0.5) is 0 Å². The molecule has 0 radical (unpaired) electrons. The number of rotatable bonds is 4. The van der Waals surface area contributed by atoms with Gasteiger partial charge in [-0.1, -0.05) is 30.3 Å². The lowest BCUT2D eigenvalue weighted by molar-refractivity contribution is -0.112. The number of hydrogen-bond acceptors (Lipinski definition) is 3. The number of hydrogen-bond donors (Lipinski definition) is 1. The molecule has 0 aliphatic heterocycles. The molecule has 80 valence electrons. The highest BCUT2D eigenvalue weighted by Crippen LogP contribution is 2.10. The van der Waals surface area contributed by atoms with Crippen LogP contribution in [-0.4, -0.2) is 24.9 Å². The fourth-order valence-corrected chi connectivity index (χ4v) is 1.24. The quantitative estimate of drug-likeness (QED) is 0.598. The van der Waals surface area contributed by atoms with Crippen LogP contribution in [0, 0.1) is 0 Å². The number of carbonyl (C=O) groups is 1. The molecule has 1 aromatic rings. The normalized spacial score (nSPS) is 11.6. The highest BCUT2D eigenvalue weighted by molar-refractivity contribution is 5.94. The molecule has 15 heavy (non-hydrogen) atoms. The Morgan fingerprint density at radius 2 is 1.87 bits per heavy atom. The van der Waals surface area contributed by atoms with E-state index >= 15 is 0 Å². The van der Waals surface area contributed by atoms with Crippen LogP contribution in [0.2, 0.25) is 0 Å². The maximum Gasteiger partial charge on any atom is 0.154 e. The minimum Gasteiger partial charge on any atom is -0.319 e. The van der Waals surface area contributed by atoms with Crippen LogP contribution in [-0.2, 0) is 4.79 Å². The monoisotopic (exact) mass is 204 g/mol. The Balaban J connectivity index is 2.97. The summed E-state index contributed by atoms with van der Waals surface area (Å²) in [6.07, 6.45) is 1.59. The summed E-state index contributed by atoms with van der Waals surface area (Å²) in [7, 11) is 3.77. The first-order valence-electron chi connectivity index (χ1n) is 4.81. The third-order valence-electron chi connectivity index (χ3n) is 1.78. The Morgan fingerprint density at radius 1 is 1.27 bits per heavy atom. The first-order valence-corrected chi connectivity index (χ1v) is 4.81. The van der Waals surface area contributed by atoms with E-state index in [0.717, 1.165) is 11.3 Å². The molecule has 0 atom stereocenters. The smallest absolute Gasteiger partial charge is 0.154 e. The van der Waals surface area contributed by atoms with Crippen molar-refractivity contribution in [2.24, 2.45) is 0 Å². The van der Waals surface area contributed by atoms with Gasteiger partial charge >= 0.3 is 0 Å². The second kappa shape index (κ2) is 5.32. The van der Waals surface area contributed by atoms with Gasteiger partial charge in [0.1, 0.15) is 0 Å². The molecule has 1 aromatic carbocycles. The molecule has 0 saturated carbocycles. The Morgan fingerprint density at radius 3 is 2.33 bits per heavy atom. The first kappa shape index (κ1) is 11.5. The Kier molecular flexibility index (Phi) is 4.06. The van der Waals surface area contributed by atoms with Crippen molar-refractivity contribution in [2.45, 2.75) is 6.92 Å². The molecule has 3 nitrogen and oxygen atoms in total. The molecule has 0 heterocycles. The zero-order chi connectivity index (χ0) is 11.3. The van der Waals surface area contributed by atoms with E-state index in [4.69, 9.17) is 0 Å². The molecule has 0 aliphatic carbocycles. The van der Waals surface area contributed by atoms with Crippen LogP contribution in [0.25, 0.3) is 5.70 Å². The topological polar surface area (TPSA) is 32.3 Å². The maximum absolute atomic E-state index is 11.1. The van der Waals surface area contributed by atoms with Crippen molar-refractivity contribution in [3.05, 3.63) is 42.0 Å². The van der Waals surface area contributed by atoms with E-state index < -0.39 is 0 Å². The van der Waals surface area contributed by atoms with Gasteiger partial charge in [-0.2, -0.15) is 0 Å². The molecule has 0 saturated heterocycles. The Hall–Kier alpha value is -1.61. The average Bonchev–Trinajstić information content (AvgIpc) is 2.17. The predicted molar refractivity (Wildman–Crippen MR) is 61.9 cm³/mol. The van der Waals surface area contributed by atoms with E-state index in [0.29, 0.717) is 0 Å². The molecule has 0 amide bonds. The lowest BCUT2D eigenvalue weighted by Gasteiger charge is -2.16. The van der Waals surface area contributed by atoms with Crippen molar-refractivity contribution in [1.82, 2.24) is 10.4 Å². The molecule has 1 N–H and O–H groups in total. The van der Waals surface area contributed by atoms with Gasteiger partial charge in [0.25, 0.3) is 0 Å². The average molecular weight is 204 g/mol. The van der Waals surface area contributed by atoms with Crippen molar-refractivity contribution in [3.63, 3.8) is 0 Å². The largest absolute Gasteiger partial charge is 0.319 e. The van der Waals surface area contributed by atoms with E-state index in [9.17, 15) is 4.79 Å². The van der Waals surface area contributed by atoms with Crippen molar-refractivity contribution in [1.29, 1.82) is 0 Å². The molecule has 1 rings (SSSR count). The van der Waals surface area contributed by atoms with Crippen LogP contribution in [0.15, 0.2) is 36.4 Å². The number of allylic oxidation sites excluding steroid dienone is 1. The number of nitrogens with zero attached hydrogens (tertiary/aromatic N) is 1. The maximum atomic E-state index is 11.1. The van der Waals surface area contributed by atoms with Crippen molar-refractivity contribution >= 4 is 11.5 Å². The zero-order valence-electron chi connectivity index (χ0n) is 9.32. The van der Waals surface area contributed by atoms with Crippen molar-refractivity contribution < 1.29 is 4.79 Å². The van der Waals surface area contributed by atoms with Crippen LogP contribution >= 0.6 is 0 Å². The lowest BCUT2D eigenvalue weighted by Crippen LogP contribution is -2.29. The number of benzene rings is 1. The second-order valence-corrected chi connectivity index (χ2v) is 3.54. The zero-order valence-corrected chi connectivity index (χ0v) is 9.32. The summed E-state index contributed by atoms with van der Waals surface area (Å²) in [6.45, 7) is 1.54. The van der Waals surface area contributed by atoms with Gasteiger partial charge in [-0.25, -0.2) is 5.01 Å². The van der Waals surface area contributed by atoms with E-state index in [-0.39, 0.29) is 5.78 Å². The molecular formula is C12H16N2O. The van der Waals surface area contributed by atoms with Gasteiger partial charge in [-0.05, 0) is 12.5 Å². The standard InChI is InChI=1S/C12H16N2O/c1-10(15)9-12(13-14(2)3)11-7-5-4-6-8-11/h4-9,13H,1-3H3. The SMILES string of the molecule is CC(=O)C=C(NN(C)C)c1ccccc1. The predicted octanol–water partition coefficient (Wildman–Crippen LogP) is 1.68. The first-order chi connectivity index (χ1) is 7.09.